The highest BCUT2D eigenvalue weighted by molar-refractivity contribution is 9.09. The Bertz CT molecular complexity index is 251. The Morgan fingerprint density at radius 2 is 2.33 bits per heavy atom. The van der Waals surface area contributed by atoms with E-state index in [1.807, 2.05) is 0 Å². The molecule has 0 bridgehead atoms. The van der Waals surface area contributed by atoms with Crippen LogP contribution in [0, 0.1) is 6.92 Å². The molecular formula is C7H11BrN2O2. The van der Waals surface area contributed by atoms with Gasteiger partial charge in [0.15, 0.2) is 0 Å². The maximum atomic E-state index is 9.50. The van der Waals surface area contributed by atoms with Gasteiger partial charge in [0.1, 0.15) is 6.10 Å². The van der Waals surface area contributed by atoms with Crippen LogP contribution in [0.25, 0.3) is 0 Å². The van der Waals surface area contributed by atoms with Crippen molar-refractivity contribution in [1.29, 1.82) is 0 Å². The van der Waals surface area contributed by atoms with Gasteiger partial charge in [0.05, 0.1) is 18.1 Å². The first-order valence-electron chi connectivity index (χ1n) is 3.58. The van der Waals surface area contributed by atoms with Crippen molar-refractivity contribution in [3.05, 3.63) is 17.7 Å². The number of hydrogen-bond donors (Lipinski definition) is 3. The van der Waals surface area contributed by atoms with Crippen molar-refractivity contribution in [2.75, 3.05) is 5.33 Å². The van der Waals surface area contributed by atoms with E-state index >= 15 is 0 Å². The lowest BCUT2D eigenvalue weighted by Gasteiger charge is -2.13. The van der Waals surface area contributed by atoms with Crippen LogP contribution in [-0.4, -0.2) is 31.6 Å². The minimum Gasteiger partial charge on any atom is -0.389 e. The van der Waals surface area contributed by atoms with Crippen LogP contribution >= 0.6 is 15.9 Å². The molecule has 0 saturated heterocycles. The van der Waals surface area contributed by atoms with Crippen molar-refractivity contribution in [2.24, 2.45) is 0 Å². The van der Waals surface area contributed by atoms with Gasteiger partial charge in [-0.05, 0) is 6.92 Å². The summed E-state index contributed by atoms with van der Waals surface area (Å²) in [4.78, 5) is 6.73. The van der Waals surface area contributed by atoms with Gasteiger partial charge in [0, 0.05) is 11.0 Å². The molecule has 0 saturated carbocycles. The third-order valence-corrected chi connectivity index (χ3v) is 2.33. The van der Waals surface area contributed by atoms with Gasteiger partial charge in [-0.1, -0.05) is 15.9 Å². The minimum atomic E-state index is -0.921. The second-order valence-electron chi connectivity index (χ2n) is 2.58. The van der Waals surface area contributed by atoms with Crippen molar-refractivity contribution >= 4 is 15.9 Å². The van der Waals surface area contributed by atoms with Gasteiger partial charge < -0.3 is 15.2 Å². The molecule has 1 aromatic rings. The lowest BCUT2D eigenvalue weighted by Crippen LogP contribution is -2.20. The largest absolute Gasteiger partial charge is 0.389 e. The van der Waals surface area contributed by atoms with E-state index in [1.165, 1.54) is 6.33 Å². The summed E-state index contributed by atoms with van der Waals surface area (Å²) in [5.74, 6) is 0. The standard InChI is InChI=1S/C7H11BrN2O2/c1-4-6(10-3-9-4)7(12)5(11)2-8/h3,5,7,11-12H,2H2,1H3,(H,9,10). The first-order chi connectivity index (χ1) is 5.66. The number of alkyl halides is 1. The number of nitrogens with one attached hydrogen (secondary N) is 1. The minimum absolute atomic E-state index is 0.334. The van der Waals surface area contributed by atoms with E-state index in [-0.39, 0.29) is 0 Å². The van der Waals surface area contributed by atoms with Crippen LogP contribution in [-0.2, 0) is 0 Å². The smallest absolute Gasteiger partial charge is 0.124 e. The Balaban J connectivity index is 2.77. The van der Waals surface area contributed by atoms with Crippen molar-refractivity contribution in [1.82, 2.24) is 9.97 Å². The molecule has 12 heavy (non-hydrogen) atoms. The molecule has 1 aromatic heterocycles. The molecule has 0 amide bonds. The van der Waals surface area contributed by atoms with Crippen molar-refractivity contribution in [3.8, 4) is 0 Å². The van der Waals surface area contributed by atoms with E-state index in [2.05, 4.69) is 25.9 Å². The molecule has 1 rings (SSSR count). The number of imidazole rings is 1. The summed E-state index contributed by atoms with van der Waals surface area (Å²) >= 11 is 3.08. The van der Waals surface area contributed by atoms with Gasteiger partial charge in [-0.15, -0.1) is 0 Å². The predicted octanol–water partition coefficient (Wildman–Crippen LogP) is 0.507. The van der Waals surface area contributed by atoms with Crippen LogP contribution in [0.15, 0.2) is 6.33 Å². The molecule has 0 spiro atoms. The zero-order valence-corrected chi connectivity index (χ0v) is 8.24. The van der Waals surface area contributed by atoms with E-state index in [0.29, 0.717) is 11.0 Å². The Labute approximate surface area is 78.8 Å². The highest BCUT2D eigenvalue weighted by Gasteiger charge is 2.20. The van der Waals surface area contributed by atoms with Crippen LogP contribution in [0.4, 0.5) is 0 Å². The third-order valence-electron chi connectivity index (χ3n) is 1.67. The first-order valence-corrected chi connectivity index (χ1v) is 4.71. The van der Waals surface area contributed by atoms with Gasteiger partial charge in [-0.25, -0.2) is 4.98 Å². The number of aromatic amines is 1. The normalized spacial score (nSPS) is 16.0. The van der Waals surface area contributed by atoms with E-state index in [4.69, 9.17) is 0 Å². The van der Waals surface area contributed by atoms with E-state index in [9.17, 15) is 10.2 Å². The fourth-order valence-corrected chi connectivity index (χ4v) is 1.29. The third kappa shape index (κ3) is 1.85. The summed E-state index contributed by atoms with van der Waals surface area (Å²) in [5.41, 5.74) is 1.28. The Kier molecular flexibility index (Phi) is 3.25. The average molecular weight is 235 g/mol. The summed E-state index contributed by atoms with van der Waals surface area (Å²) < 4.78 is 0. The number of rotatable bonds is 3. The fourth-order valence-electron chi connectivity index (χ4n) is 0.934. The molecule has 0 aliphatic rings. The molecule has 0 fully saturated rings. The van der Waals surface area contributed by atoms with Crippen molar-refractivity contribution in [2.45, 2.75) is 19.1 Å². The molecule has 4 nitrogen and oxygen atoms in total. The summed E-state index contributed by atoms with van der Waals surface area (Å²) in [6, 6.07) is 0. The molecule has 1 heterocycles. The predicted molar refractivity (Wildman–Crippen MR) is 48.1 cm³/mol. The first kappa shape index (κ1) is 9.70. The lowest BCUT2D eigenvalue weighted by molar-refractivity contribution is 0.0314. The second kappa shape index (κ2) is 4.02. The number of nitrogens with zero attached hydrogens (tertiary/aromatic N) is 1. The molecule has 3 N–H and O–H groups in total. The highest BCUT2D eigenvalue weighted by Crippen LogP contribution is 2.17. The van der Waals surface area contributed by atoms with Gasteiger partial charge >= 0.3 is 0 Å². The summed E-state index contributed by atoms with van der Waals surface area (Å²) in [6.45, 7) is 1.80. The zero-order valence-electron chi connectivity index (χ0n) is 6.66. The van der Waals surface area contributed by atoms with Crippen molar-refractivity contribution < 1.29 is 10.2 Å². The number of aliphatic hydroxyl groups excluding tert-OH is 2. The topological polar surface area (TPSA) is 69.1 Å². The molecule has 0 aliphatic carbocycles. The van der Waals surface area contributed by atoms with Crippen LogP contribution in [0.3, 0.4) is 0 Å². The monoisotopic (exact) mass is 234 g/mol. The molecule has 2 atom stereocenters. The fraction of sp³-hybridized carbons (Fsp3) is 0.571. The van der Waals surface area contributed by atoms with Gasteiger partial charge in [0.2, 0.25) is 0 Å². The number of halogens is 1. The van der Waals surface area contributed by atoms with E-state index < -0.39 is 12.2 Å². The summed E-state index contributed by atoms with van der Waals surface area (Å²) in [7, 11) is 0. The average Bonchev–Trinajstić information content (AvgIpc) is 2.48. The zero-order chi connectivity index (χ0) is 9.14. The molecule has 2 unspecified atom stereocenters. The number of hydrogen-bond acceptors (Lipinski definition) is 3. The summed E-state index contributed by atoms with van der Waals surface area (Å²) in [6.07, 6.45) is -0.239. The van der Waals surface area contributed by atoms with Crippen LogP contribution in [0.1, 0.15) is 17.5 Å². The van der Waals surface area contributed by atoms with E-state index in [1.54, 1.807) is 6.92 Å². The molecule has 68 valence electrons. The number of aromatic nitrogens is 2. The maximum absolute atomic E-state index is 9.50. The molecule has 0 aromatic carbocycles. The van der Waals surface area contributed by atoms with Crippen LogP contribution in [0.2, 0.25) is 0 Å². The second-order valence-corrected chi connectivity index (χ2v) is 3.23. The highest BCUT2D eigenvalue weighted by atomic mass is 79.9. The number of H-pyrrole nitrogens is 1. The van der Waals surface area contributed by atoms with Gasteiger partial charge in [0.25, 0.3) is 0 Å². The Hall–Kier alpha value is -0.390. The molecule has 5 heteroatoms. The quantitative estimate of drug-likeness (QED) is 0.668. The molecule has 0 aliphatic heterocycles. The molecular weight excluding hydrogens is 224 g/mol. The summed E-state index contributed by atoms with van der Waals surface area (Å²) in [5, 5.41) is 19.1. The number of aryl methyl sites for hydroxylation is 1. The Morgan fingerprint density at radius 3 is 2.75 bits per heavy atom. The SMILES string of the molecule is Cc1[nH]cnc1C(O)C(O)CBr. The van der Waals surface area contributed by atoms with Crippen molar-refractivity contribution in [3.63, 3.8) is 0 Å². The number of aliphatic hydroxyl groups is 2. The van der Waals surface area contributed by atoms with Crippen LogP contribution < -0.4 is 0 Å². The maximum Gasteiger partial charge on any atom is 0.124 e. The lowest BCUT2D eigenvalue weighted by atomic mass is 10.1. The van der Waals surface area contributed by atoms with E-state index in [0.717, 1.165) is 5.69 Å². The van der Waals surface area contributed by atoms with Crippen LogP contribution in [0.5, 0.6) is 0 Å². The molecule has 0 radical (unpaired) electrons. The Morgan fingerprint density at radius 1 is 1.67 bits per heavy atom. The van der Waals surface area contributed by atoms with Gasteiger partial charge in [-0.3, -0.25) is 0 Å². The van der Waals surface area contributed by atoms with Gasteiger partial charge in [-0.2, -0.15) is 0 Å².